The fraction of sp³-hybridized carbons (Fsp3) is 0.938. The number of aliphatic hydroxyl groups is 1. The summed E-state index contributed by atoms with van der Waals surface area (Å²) in [4.78, 5) is 0. The zero-order chi connectivity index (χ0) is 25.4. The Balaban J connectivity index is 1.51. The lowest BCUT2D eigenvalue weighted by Crippen LogP contribution is -2.67. The molecule has 5 fully saturated rings. The summed E-state index contributed by atoms with van der Waals surface area (Å²) in [5.74, 6) is 4.41. The Morgan fingerprint density at radius 3 is 2.31 bits per heavy atom. The quantitative estimate of drug-likeness (QED) is 0.227. The molecule has 5 aliphatic carbocycles. The summed E-state index contributed by atoms with van der Waals surface area (Å²) in [5, 5.41) is 14.7. The van der Waals surface area contributed by atoms with Gasteiger partial charge in [-0.1, -0.05) is 46.8 Å². The first-order valence-corrected chi connectivity index (χ1v) is 15.5. The van der Waals surface area contributed by atoms with Crippen LogP contribution < -0.4 is 5.32 Å². The van der Waals surface area contributed by atoms with Crippen molar-refractivity contribution in [3.8, 4) is 0 Å². The molecule has 0 amide bonds. The Morgan fingerprint density at radius 1 is 0.886 bits per heavy atom. The van der Waals surface area contributed by atoms with E-state index < -0.39 is 0 Å². The van der Waals surface area contributed by atoms with Crippen LogP contribution in [-0.2, 0) is 0 Å². The lowest BCUT2D eigenvalue weighted by molar-refractivity contribution is -0.247. The molecule has 35 heavy (non-hydrogen) atoms. The molecule has 5 saturated carbocycles. The van der Waals surface area contributed by atoms with Gasteiger partial charge in [-0.15, -0.1) is 11.6 Å². The molecule has 3 heteroatoms. The SMILES string of the molecule is C=C(C)C1CCC2(CNCCCl)CCC3(C)C(CCC4C5(C)CCC(O)C(C)(C)C5CCC43C)C12. The van der Waals surface area contributed by atoms with Gasteiger partial charge >= 0.3 is 0 Å². The van der Waals surface area contributed by atoms with Crippen LogP contribution in [-0.4, -0.2) is 30.2 Å². The number of allylic oxidation sites excluding steroid dienone is 1. The highest BCUT2D eigenvalue weighted by atomic mass is 35.5. The summed E-state index contributed by atoms with van der Waals surface area (Å²) < 4.78 is 0. The van der Waals surface area contributed by atoms with Crippen molar-refractivity contribution in [2.75, 3.05) is 19.0 Å². The standard InChI is InChI=1S/C32H54ClNO/c1-21(2)22-10-15-32(20-34-19-18-33)17-16-30(6)23(27(22)32)8-9-25-29(5)13-12-26(35)28(3,4)24(29)11-14-31(25,30)7/h22-27,34-35H,1,8-20H2,2-7H3. The predicted molar refractivity (Wildman–Crippen MR) is 149 cm³/mol. The number of aliphatic hydroxyl groups excluding tert-OH is 1. The number of fused-ring (bicyclic) bond motifs is 7. The number of rotatable bonds is 5. The highest BCUT2D eigenvalue weighted by Crippen LogP contribution is 2.77. The molecule has 0 heterocycles. The molecule has 0 aromatic carbocycles. The van der Waals surface area contributed by atoms with E-state index in [-0.39, 0.29) is 11.5 Å². The van der Waals surface area contributed by atoms with Crippen molar-refractivity contribution in [3.05, 3.63) is 12.2 Å². The number of halogens is 1. The molecular formula is C32H54ClNO. The summed E-state index contributed by atoms with van der Waals surface area (Å²) in [5.41, 5.74) is 3.08. The van der Waals surface area contributed by atoms with Crippen LogP contribution in [0.3, 0.4) is 0 Å². The van der Waals surface area contributed by atoms with Crippen LogP contribution in [0.15, 0.2) is 12.2 Å². The Hall–Kier alpha value is -0.0500. The van der Waals surface area contributed by atoms with E-state index in [4.69, 9.17) is 11.6 Å². The van der Waals surface area contributed by atoms with E-state index in [9.17, 15) is 5.11 Å². The van der Waals surface area contributed by atoms with Gasteiger partial charge in [0.15, 0.2) is 0 Å². The number of hydrogen-bond acceptors (Lipinski definition) is 2. The monoisotopic (exact) mass is 503 g/mol. The van der Waals surface area contributed by atoms with Crippen LogP contribution >= 0.6 is 11.6 Å². The molecule has 5 aliphatic rings. The molecule has 0 bridgehead atoms. The maximum Gasteiger partial charge on any atom is 0.0594 e. The molecule has 200 valence electrons. The van der Waals surface area contributed by atoms with Gasteiger partial charge in [-0.25, -0.2) is 0 Å². The smallest absolute Gasteiger partial charge is 0.0594 e. The molecule has 0 spiro atoms. The van der Waals surface area contributed by atoms with E-state index in [1.165, 1.54) is 63.4 Å². The van der Waals surface area contributed by atoms with Crippen LogP contribution in [0.2, 0.25) is 0 Å². The average molecular weight is 504 g/mol. The summed E-state index contributed by atoms with van der Waals surface area (Å²) in [6, 6.07) is 0. The highest BCUT2D eigenvalue weighted by molar-refractivity contribution is 6.18. The first-order chi connectivity index (χ1) is 16.4. The Labute approximate surface area is 221 Å². The third-order valence-corrected chi connectivity index (χ3v) is 14.2. The zero-order valence-corrected chi connectivity index (χ0v) is 24.4. The molecule has 5 rings (SSSR count). The lowest BCUT2D eigenvalue weighted by atomic mass is 9.32. The molecule has 0 saturated heterocycles. The van der Waals surface area contributed by atoms with Gasteiger partial charge in [-0.05, 0) is 128 Å². The van der Waals surface area contributed by atoms with Gasteiger partial charge in [-0.2, -0.15) is 0 Å². The minimum atomic E-state index is -0.137. The van der Waals surface area contributed by atoms with Gasteiger partial charge in [0.25, 0.3) is 0 Å². The molecular weight excluding hydrogens is 450 g/mol. The third kappa shape index (κ3) is 3.54. The first kappa shape index (κ1) is 26.6. The van der Waals surface area contributed by atoms with E-state index in [1.54, 1.807) is 0 Å². The Morgan fingerprint density at radius 2 is 1.63 bits per heavy atom. The second kappa shape index (κ2) is 8.74. The largest absolute Gasteiger partial charge is 0.393 e. The van der Waals surface area contributed by atoms with Crippen LogP contribution in [0.1, 0.15) is 106 Å². The maximum absolute atomic E-state index is 11.0. The Kier molecular flexibility index (Phi) is 6.63. The maximum atomic E-state index is 11.0. The van der Waals surface area contributed by atoms with Gasteiger partial charge in [0.2, 0.25) is 0 Å². The minimum Gasteiger partial charge on any atom is -0.393 e. The summed E-state index contributed by atoms with van der Waals surface area (Å²) in [6.07, 6.45) is 13.0. The third-order valence-electron chi connectivity index (χ3n) is 14.0. The van der Waals surface area contributed by atoms with Crippen molar-refractivity contribution < 1.29 is 5.11 Å². The molecule has 0 radical (unpaired) electrons. The first-order valence-electron chi connectivity index (χ1n) is 15.0. The summed E-state index contributed by atoms with van der Waals surface area (Å²) in [7, 11) is 0. The zero-order valence-electron chi connectivity index (χ0n) is 23.7. The van der Waals surface area contributed by atoms with E-state index in [0.29, 0.717) is 39.4 Å². The summed E-state index contributed by atoms with van der Waals surface area (Å²) >= 11 is 6.07. The molecule has 10 atom stereocenters. The van der Waals surface area contributed by atoms with Gasteiger partial charge in [-0.3, -0.25) is 0 Å². The van der Waals surface area contributed by atoms with Crippen LogP contribution in [0.5, 0.6) is 0 Å². The molecule has 10 unspecified atom stereocenters. The van der Waals surface area contributed by atoms with E-state index in [2.05, 4.69) is 53.4 Å². The van der Waals surface area contributed by atoms with Crippen LogP contribution in [0.4, 0.5) is 0 Å². The van der Waals surface area contributed by atoms with Gasteiger partial charge in [0.1, 0.15) is 0 Å². The van der Waals surface area contributed by atoms with Crippen LogP contribution in [0, 0.1) is 56.7 Å². The van der Waals surface area contributed by atoms with E-state index in [1.807, 2.05) is 0 Å². The fourth-order valence-corrected chi connectivity index (χ4v) is 12.1. The summed E-state index contributed by atoms with van der Waals surface area (Å²) in [6.45, 7) is 21.8. The molecule has 0 aromatic heterocycles. The van der Waals surface area contributed by atoms with Crippen molar-refractivity contribution >= 4 is 11.6 Å². The fourth-order valence-electron chi connectivity index (χ4n) is 12.0. The minimum absolute atomic E-state index is 0.0401. The van der Waals surface area contributed by atoms with Gasteiger partial charge < -0.3 is 10.4 Å². The van der Waals surface area contributed by atoms with Crippen molar-refractivity contribution in [3.63, 3.8) is 0 Å². The second-order valence-corrected chi connectivity index (χ2v) is 15.7. The number of alkyl halides is 1. The normalized spacial score (nSPS) is 52.7. The average Bonchev–Trinajstić information content (AvgIpc) is 3.17. The highest BCUT2D eigenvalue weighted by Gasteiger charge is 2.70. The molecule has 2 nitrogen and oxygen atoms in total. The van der Waals surface area contributed by atoms with Crippen LogP contribution in [0.25, 0.3) is 0 Å². The van der Waals surface area contributed by atoms with E-state index >= 15 is 0 Å². The lowest BCUT2D eigenvalue weighted by Gasteiger charge is -2.73. The molecule has 0 aliphatic heterocycles. The molecule has 2 N–H and O–H groups in total. The number of nitrogens with one attached hydrogen (secondary N) is 1. The van der Waals surface area contributed by atoms with Gasteiger partial charge in [0, 0.05) is 19.0 Å². The predicted octanol–water partition coefficient (Wildman–Crippen LogP) is 7.83. The van der Waals surface area contributed by atoms with E-state index in [0.717, 1.165) is 37.3 Å². The topological polar surface area (TPSA) is 32.3 Å². The molecule has 0 aromatic rings. The number of hydrogen-bond donors (Lipinski definition) is 2. The second-order valence-electron chi connectivity index (χ2n) is 15.3. The van der Waals surface area contributed by atoms with Crippen molar-refractivity contribution in [2.45, 2.75) is 112 Å². The van der Waals surface area contributed by atoms with Crippen molar-refractivity contribution in [1.29, 1.82) is 0 Å². The van der Waals surface area contributed by atoms with Gasteiger partial charge in [0.05, 0.1) is 6.10 Å². The van der Waals surface area contributed by atoms with Crippen molar-refractivity contribution in [2.24, 2.45) is 56.7 Å². The van der Waals surface area contributed by atoms with Crippen molar-refractivity contribution in [1.82, 2.24) is 5.32 Å². The Bertz CT molecular complexity index is 839.